The Hall–Kier alpha value is -9.97. The van der Waals surface area contributed by atoms with Gasteiger partial charge in [0, 0.05) is 60.8 Å². The van der Waals surface area contributed by atoms with Gasteiger partial charge in [-0.3, -0.25) is 0 Å². The van der Waals surface area contributed by atoms with Gasteiger partial charge in [0.1, 0.15) is 23.0 Å². The maximum absolute atomic E-state index is 5.96. The van der Waals surface area contributed by atoms with Crippen molar-refractivity contribution in [2.75, 3.05) is 38.2 Å². The second kappa shape index (κ2) is 20.3. The molecular formula is C79H55B2N3O4S3. The number of methoxy groups -OCH3 is 4. The predicted molar refractivity (Wildman–Crippen MR) is 380 cm³/mol. The average Bonchev–Trinajstić information content (AvgIpc) is 1.60. The van der Waals surface area contributed by atoms with Gasteiger partial charge in [-0.25, -0.2) is 0 Å². The molecule has 12 heteroatoms. The van der Waals surface area contributed by atoms with E-state index in [-0.39, 0.29) is 31.2 Å². The van der Waals surface area contributed by atoms with Gasteiger partial charge in [-0.05, 0) is 196 Å². The Morgan fingerprint density at radius 3 is 1.43 bits per heavy atom. The molecule has 0 radical (unpaired) electrons. The first-order chi connectivity index (χ1) is 45.0. The summed E-state index contributed by atoms with van der Waals surface area (Å²) in [6.07, 6.45) is 0. The summed E-state index contributed by atoms with van der Waals surface area (Å²) in [5.41, 5.74) is 27.3. The number of aromatic nitrogens is 1. The second-order valence-electron chi connectivity index (χ2n) is 24.4. The summed E-state index contributed by atoms with van der Waals surface area (Å²) in [5.74, 6) is 3.08. The molecule has 2 atom stereocenters. The van der Waals surface area contributed by atoms with Crippen LogP contribution in [0.15, 0.2) is 241 Å². The monoisotopic (exact) mass is 1230 g/mol. The summed E-state index contributed by atoms with van der Waals surface area (Å²) < 4.78 is 31.9. The number of hydrogen-bond donors (Lipinski definition) is 0. The van der Waals surface area contributed by atoms with Crippen LogP contribution in [0.2, 0.25) is 0 Å². The molecule has 0 amide bonds. The molecule has 0 unspecified atom stereocenters. The van der Waals surface area contributed by atoms with Crippen molar-refractivity contribution in [2.24, 2.45) is 0 Å². The summed E-state index contributed by atoms with van der Waals surface area (Å²) in [4.78, 5) is 5.23. The van der Waals surface area contributed by atoms with Crippen molar-refractivity contribution in [1.29, 1.82) is 0 Å². The molecule has 434 valence electrons. The van der Waals surface area contributed by atoms with E-state index < -0.39 is 0 Å². The van der Waals surface area contributed by atoms with Crippen LogP contribution in [-0.2, 0) is 0 Å². The number of benzene rings is 10. The van der Waals surface area contributed by atoms with Crippen LogP contribution in [0.1, 0.15) is 67.8 Å². The van der Waals surface area contributed by atoms with Crippen LogP contribution in [0.3, 0.4) is 0 Å². The summed E-state index contributed by atoms with van der Waals surface area (Å²) in [6.45, 7) is -0.101. The predicted octanol–water partition coefficient (Wildman–Crippen LogP) is 15.7. The smallest absolute Gasteiger partial charge is 0.276 e. The van der Waals surface area contributed by atoms with E-state index in [9.17, 15) is 0 Å². The van der Waals surface area contributed by atoms with Crippen molar-refractivity contribution in [3.63, 3.8) is 0 Å². The fourth-order valence-electron chi connectivity index (χ4n) is 16.4. The number of nitrogens with zero attached hydrogens (tertiary/aromatic N) is 3. The maximum atomic E-state index is 5.96. The average molecular weight is 1230 g/mol. The summed E-state index contributed by atoms with van der Waals surface area (Å²) in [7, 11) is 7.02. The van der Waals surface area contributed by atoms with Gasteiger partial charge in [0.05, 0.1) is 56.5 Å². The van der Waals surface area contributed by atoms with Crippen molar-refractivity contribution >= 4 is 133 Å². The van der Waals surface area contributed by atoms with Gasteiger partial charge < -0.3 is 33.3 Å². The Labute approximate surface area is 540 Å². The third-order valence-corrected chi connectivity index (χ3v) is 23.3. The molecule has 8 heterocycles. The van der Waals surface area contributed by atoms with Crippen molar-refractivity contribution in [3.05, 3.63) is 291 Å². The molecule has 10 aromatic carbocycles. The Morgan fingerprint density at radius 2 is 0.835 bits per heavy atom. The maximum Gasteiger partial charge on any atom is 0.276 e. The van der Waals surface area contributed by atoms with E-state index in [1.807, 2.05) is 22.7 Å². The minimum Gasteiger partial charge on any atom is -0.497 e. The molecule has 0 saturated carbocycles. The SMILES string of the molecule is COc1ccc2c(c1)-c1cc(OC)ccc1C2c1cc2c3c(c1)[C@@H](c1ccccc1)c1c(sc4c1N(c1ccccc1)c1cc(-n5c6ccc(OC)cc6c6cc(OC)ccc65)cc5c1B4c1sccc1N5c1ccccc1)B3c1sccc1[C@H]2c1ccccc1. The number of para-hydroxylation sites is 2. The van der Waals surface area contributed by atoms with Crippen molar-refractivity contribution in [2.45, 2.75) is 17.8 Å². The third kappa shape index (κ3) is 7.55. The van der Waals surface area contributed by atoms with Gasteiger partial charge in [-0.15, -0.1) is 0 Å². The Kier molecular flexibility index (Phi) is 11.8. The lowest BCUT2D eigenvalue weighted by molar-refractivity contribution is 0.414. The fourth-order valence-corrected chi connectivity index (χ4v) is 20.1. The zero-order chi connectivity index (χ0) is 60.3. The highest BCUT2D eigenvalue weighted by Crippen LogP contribution is 2.56. The normalized spacial score (nSPS) is 15.3. The number of rotatable bonds is 10. The molecule has 0 spiro atoms. The Morgan fingerprint density at radius 1 is 0.352 bits per heavy atom. The molecule has 5 aliphatic rings. The van der Waals surface area contributed by atoms with Crippen LogP contribution in [-0.4, -0.2) is 46.4 Å². The molecule has 7 nitrogen and oxygen atoms in total. The van der Waals surface area contributed by atoms with E-state index in [1.165, 1.54) is 103 Å². The largest absolute Gasteiger partial charge is 0.497 e. The van der Waals surface area contributed by atoms with Gasteiger partial charge in [0.25, 0.3) is 13.4 Å². The van der Waals surface area contributed by atoms with E-state index >= 15 is 0 Å². The number of thiophene rings is 3. The van der Waals surface area contributed by atoms with Crippen LogP contribution in [0.5, 0.6) is 23.0 Å². The second-order valence-corrected chi connectivity index (χ2v) is 27.3. The molecule has 0 N–H and O–H groups in total. The molecule has 0 bridgehead atoms. The van der Waals surface area contributed by atoms with Gasteiger partial charge in [0.2, 0.25) is 0 Å². The first-order valence-corrected chi connectivity index (χ1v) is 33.6. The number of fused-ring (bicyclic) bond motifs is 15. The van der Waals surface area contributed by atoms with Crippen LogP contribution in [0.4, 0.5) is 34.1 Å². The Balaban J connectivity index is 0.939. The molecule has 1 aliphatic carbocycles. The van der Waals surface area contributed by atoms with Gasteiger partial charge >= 0.3 is 0 Å². The lowest BCUT2D eigenvalue weighted by Gasteiger charge is -2.44. The van der Waals surface area contributed by atoms with Crippen LogP contribution < -0.4 is 58.8 Å². The molecular weight excluding hydrogens is 1170 g/mol. The van der Waals surface area contributed by atoms with E-state index in [1.54, 1.807) is 28.4 Å². The zero-order valence-electron chi connectivity index (χ0n) is 50.2. The Bertz CT molecular complexity index is 5200. The van der Waals surface area contributed by atoms with Crippen LogP contribution >= 0.6 is 34.0 Å². The molecule has 91 heavy (non-hydrogen) atoms. The van der Waals surface area contributed by atoms with Crippen LogP contribution in [0.25, 0.3) is 38.6 Å². The van der Waals surface area contributed by atoms with Crippen LogP contribution in [0, 0.1) is 0 Å². The zero-order valence-corrected chi connectivity index (χ0v) is 52.6. The minimum absolute atomic E-state index is 0.0112. The van der Waals surface area contributed by atoms with E-state index in [2.05, 4.69) is 267 Å². The highest BCUT2D eigenvalue weighted by atomic mass is 32.1. The molecule has 4 aromatic heterocycles. The van der Waals surface area contributed by atoms with E-state index in [4.69, 9.17) is 18.9 Å². The summed E-state index contributed by atoms with van der Waals surface area (Å²) >= 11 is 5.89. The fraction of sp³-hybridized carbons (Fsp3) is 0.0886. The quantitative estimate of drug-likeness (QED) is 0.127. The number of ether oxygens (including phenoxy) is 4. The highest BCUT2D eigenvalue weighted by molar-refractivity contribution is 7.43. The van der Waals surface area contributed by atoms with Crippen molar-refractivity contribution in [1.82, 2.24) is 4.57 Å². The third-order valence-electron chi connectivity index (χ3n) is 20.1. The van der Waals surface area contributed by atoms with Gasteiger partial charge in [-0.1, -0.05) is 127 Å². The lowest BCUT2D eigenvalue weighted by atomic mass is 9.33. The summed E-state index contributed by atoms with van der Waals surface area (Å²) in [6, 6.07) is 86.4. The molecule has 14 aromatic rings. The molecule has 4 aliphatic heterocycles. The molecule has 0 fully saturated rings. The van der Waals surface area contributed by atoms with E-state index in [0.29, 0.717) is 0 Å². The molecule has 19 rings (SSSR count). The minimum atomic E-state index is -0.156. The first-order valence-electron chi connectivity index (χ1n) is 31.0. The highest BCUT2D eigenvalue weighted by Gasteiger charge is 2.53. The summed E-state index contributed by atoms with van der Waals surface area (Å²) in [5, 5.41) is 6.87. The lowest BCUT2D eigenvalue weighted by Crippen LogP contribution is -2.60. The van der Waals surface area contributed by atoms with Gasteiger partial charge in [0.15, 0.2) is 0 Å². The molecule has 0 saturated heterocycles. The van der Waals surface area contributed by atoms with Crippen molar-refractivity contribution < 1.29 is 18.9 Å². The standard InChI is InChI=1S/C79H55B2N3O4S3/c1-85-51-25-29-55-58(41-51)59-42-52(86-2)26-30-56(59)70(55)47-37-62-69(45-17-9-5-10-18-45)57-33-35-89-76(57)80-73(62)63(38-47)71(46-19-11-6-12-20-46)72-75-79(91-78(72)80)81-74-67(82(48-21-13-7-14-22-48)66-34-36-90-77(66)81)39-50(40-68(74)84(75)49-23-15-8-16-24-49)83-64-31-27-53(87-3)43-60(64)61-44-54(88-4)28-32-65(61)83/h5-44,69-71H,1-4H3/t69-,71-/m1/s1. The van der Waals surface area contributed by atoms with Crippen molar-refractivity contribution in [3.8, 4) is 39.8 Å². The number of hydrogen-bond acceptors (Lipinski definition) is 9. The number of anilines is 6. The van der Waals surface area contributed by atoms with E-state index in [0.717, 1.165) is 73.2 Å². The van der Waals surface area contributed by atoms with Gasteiger partial charge in [-0.2, -0.15) is 34.0 Å². The first kappa shape index (κ1) is 52.9. The topological polar surface area (TPSA) is 48.3 Å².